The predicted octanol–water partition coefficient (Wildman–Crippen LogP) is 2.72. The number of nitrogens with one attached hydrogen (secondary N) is 1. The van der Waals surface area contributed by atoms with Crippen molar-refractivity contribution in [2.75, 3.05) is 6.54 Å². The third kappa shape index (κ3) is 3.22. The number of hydrogen-bond donors (Lipinski definition) is 2. The van der Waals surface area contributed by atoms with Gasteiger partial charge in [-0.25, -0.2) is 0 Å². The van der Waals surface area contributed by atoms with Crippen molar-refractivity contribution in [3.8, 4) is 0 Å². The van der Waals surface area contributed by atoms with Crippen LogP contribution in [0.1, 0.15) is 28.6 Å². The van der Waals surface area contributed by atoms with Gasteiger partial charge in [0.25, 0.3) is 0 Å². The Hall–Kier alpha value is -1.58. The summed E-state index contributed by atoms with van der Waals surface area (Å²) in [5.74, 6) is 0.878. The van der Waals surface area contributed by atoms with Crippen LogP contribution in [0.2, 0.25) is 0 Å². The fourth-order valence-electron chi connectivity index (χ4n) is 1.97. The highest BCUT2D eigenvalue weighted by atomic mass is 16.3. The van der Waals surface area contributed by atoms with Gasteiger partial charge in [0.2, 0.25) is 0 Å². The standard InChI is InChI=1S/C15H19NO2/c1-11-5-6-12(2)14(8-11)15(17)10-16-9-13-4-3-7-18-13/h3-8,15-17H,9-10H2,1-2H3. The summed E-state index contributed by atoms with van der Waals surface area (Å²) >= 11 is 0. The van der Waals surface area contributed by atoms with Crippen molar-refractivity contribution in [3.05, 3.63) is 59.0 Å². The molecule has 1 heterocycles. The lowest BCUT2D eigenvalue weighted by atomic mass is 10.0. The Bertz CT molecular complexity index is 491. The van der Waals surface area contributed by atoms with E-state index in [1.807, 2.05) is 38.1 Å². The third-order valence-electron chi connectivity index (χ3n) is 3.01. The maximum Gasteiger partial charge on any atom is 0.117 e. The summed E-state index contributed by atoms with van der Waals surface area (Å²) in [7, 11) is 0. The molecular formula is C15H19NO2. The average molecular weight is 245 g/mol. The topological polar surface area (TPSA) is 45.4 Å². The molecule has 0 bridgehead atoms. The molecule has 0 aliphatic heterocycles. The molecule has 0 radical (unpaired) electrons. The molecular weight excluding hydrogens is 226 g/mol. The Kier molecular flexibility index (Phi) is 4.18. The van der Waals surface area contributed by atoms with Crippen LogP contribution in [-0.2, 0) is 6.54 Å². The lowest BCUT2D eigenvalue weighted by Gasteiger charge is -2.15. The lowest BCUT2D eigenvalue weighted by Crippen LogP contribution is -2.21. The quantitative estimate of drug-likeness (QED) is 0.851. The van der Waals surface area contributed by atoms with Gasteiger partial charge in [0.15, 0.2) is 0 Å². The third-order valence-corrected chi connectivity index (χ3v) is 3.01. The molecule has 3 heteroatoms. The number of furan rings is 1. The van der Waals surface area contributed by atoms with Crippen molar-refractivity contribution in [1.29, 1.82) is 0 Å². The van der Waals surface area contributed by atoms with E-state index in [4.69, 9.17) is 4.42 Å². The Morgan fingerprint density at radius 1 is 1.28 bits per heavy atom. The molecule has 3 nitrogen and oxygen atoms in total. The average Bonchev–Trinajstić information content (AvgIpc) is 2.85. The zero-order valence-electron chi connectivity index (χ0n) is 10.8. The lowest BCUT2D eigenvalue weighted by molar-refractivity contribution is 0.172. The summed E-state index contributed by atoms with van der Waals surface area (Å²) in [5.41, 5.74) is 3.27. The molecule has 1 aromatic carbocycles. The maximum absolute atomic E-state index is 10.2. The van der Waals surface area contributed by atoms with Crippen LogP contribution in [0.15, 0.2) is 41.0 Å². The summed E-state index contributed by atoms with van der Waals surface area (Å²) < 4.78 is 5.22. The first-order valence-electron chi connectivity index (χ1n) is 6.15. The molecule has 0 fully saturated rings. The van der Waals surface area contributed by atoms with E-state index < -0.39 is 6.10 Å². The van der Waals surface area contributed by atoms with Gasteiger partial charge in [-0.1, -0.05) is 23.8 Å². The minimum atomic E-state index is -0.486. The van der Waals surface area contributed by atoms with Crippen LogP contribution in [0.25, 0.3) is 0 Å². The maximum atomic E-state index is 10.2. The Morgan fingerprint density at radius 2 is 2.11 bits per heavy atom. The largest absolute Gasteiger partial charge is 0.468 e. The summed E-state index contributed by atoms with van der Waals surface area (Å²) in [6.45, 7) is 5.20. The molecule has 0 aliphatic rings. The van der Waals surface area contributed by atoms with E-state index in [1.165, 1.54) is 5.56 Å². The van der Waals surface area contributed by atoms with Crippen LogP contribution in [0, 0.1) is 13.8 Å². The number of rotatable bonds is 5. The second-order valence-electron chi connectivity index (χ2n) is 4.59. The van der Waals surface area contributed by atoms with E-state index in [2.05, 4.69) is 11.4 Å². The SMILES string of the molecule is Cc1ccc(C)c(C(O)CNCc2ccco2)c1. The zero-order valence-corrected chi connectivity index (χ0v) is 10.8. The first kappa shape index (κ1) is 12.9. The van der Waals surface area contributed by atoms with Crippen molar-refractivity contribution in [3.63, 3.8) is 0 Å². The summed E-state index contributed by atoms with van der Waals surface area (Å²) in [4.78, 5) is 0. The number of aryl methyl sites for hydroxylation is 2. The van der Waals surface area contributed by atoms with Crippen molar-refractivity contribution in [2.45, 2.75) is 26.5 Å². The minimum Gasteiger partial charge on any atom is -0.468 e. The van der Waals surface area contributed by atoms with Gasteiger partial charge in [0.05, 0.1) is 18.9 Å². The van der Waals surface area contributed by atoms with Crippen LogP contribution in [0.3, 0.4) is 0 Å². The van der Waals surface area contributed by atoms with E-state index in [0.29, 0.717) is 13.1 Å². The van der Waals surface area contributed by atoms with Crippen LogP contribution in [0.5, 0.6) is 0 Å². The molecule has 0 spiro atoms. The van der Waals surface area contributed by atoms with E-state index in [9.17, 15) is 5.11 Å². The van der Waals surface area contributed by atoms with Gasteiger partial charge in [-0.05, 0) is 37.1 Å². The summed E-state index contributed by atoms with van der Waals surface area (Å²) in [6, 6.07) is 9.91. The monoisotopic (exact) mass is 245 g/mol. The molecule has 2 rings (SSSR count). The Labute approximate surface area is 107 Å². The second-order valence-corrected chi connectivity index (χ2v) is 4.59. The van der Waals surface area contributed by atoms with Crippen LogP contribution in [-0.4, -0.2) is 11.7 Å². The normalized spacial score (nSPS) is 12.6. The Morgan fingerprint density at radius 3 is 2.83 bits per heavy atom. The smallest absolute Gasteiger partial charge is 0.117 e. The summed E-state index contributed by atoms with van der Waals surface area (Å²) in [5, 5.41) is 13.4. The highest BCUT2D eigenvalue weighted by Crippen LogP contribution is 2.18. The highest BCUT2D eigenvalue weighted by Gasteiger charge is 2.10. The number of benzene rings is 1. The molecule has 1 aromatic heterocycles. The molecule has 2 N–H and O–H groups in total. The van der Waals surface area contributed by atoms with E-state index in [1.54, 1.807) is 6.26 Å². The molecule has 18 heavy (non-hydrogen) atoms. The minimum absolute atomic E-state index is 0.486. The molecule has 96 valence electrons. The molecule has 0 aliphatic carbocycles. The van der Waals surface area contributed by atoms with Gasteiger partial charge in [-0.3, -0.25) is 0 Å². The Balaban J connectivity index is 1.91. The van der Waals surface area contributed by atoms with Crippen molar-refractivity contribution >= 4 is 0 Å². The number of hydrogen-bond acceptors (Lipinski definition) is 3. The fraction of sp³-hybridized carbons (Fsp3) is 0.333. The molecule has 0 amide bonds. The van der Waals surface area contributed by atoms with Crippen LogP contribution in [0.4, 0.5) is 0 Å². The molecule has 1 unspecified atom stereocenters. The van der Waals surface area contributed by atoms with Crippen LogP contribution >= 0.6 is 0 Å². The molecule has 2 aromatic rings. The van der Waals surface area contributed by atoms with E-state index in [0.717, 1.165) is 16.9 Å². The van der Waals surface area contributed by atoms with E-state index in [-0.39, 0.29) is 0 Å². The van der Waals surface area contributed by atoms with Gasteiger partial charge in [0.1, 0.15) is 5.76 Å². The first-order valence-corrected chi connectivity index (χ1v) is 6.15. The number of aliphatic hydroxyl groups is 1. The molecule has 1 atom stereocenters. The molecule has 0 saturated heterocycles. The fourth-order valence-corrected chi connectivity index (χ4v) is 1.97. The van der Waals surface area contributed by atoms with Crippen molar-refractivity contribution < 1.29 is 9.52 Å². The highest BCUT2D eigenvalue weighted by molar-refractivity contribution is 5.32. The predicted molar refractivity (Wildman–Crippen MR) is 71.3 cm³/mol. The zero-order chi connectivity index (χ0) is 13.0. The van der Waals surface area contributed by atoms with Crippen molar-refractivity contribution in [1.82, 2.24) is 5.32 Å². The number of aliphatic hydroxyl groups excluding tert-OH is 1. The van der Waals surface area contributed by atoms with Gasteiger partial charge in [-0.15, -0.1) is 0 Å². The second kappa shape index (κ2) is 5.85. The van der Waals surface area contributed by atoms with Gasteiger partial charge < -0.3 is 14.8 Å². The van der Waals surface area contributed by atoms with Gasteiger partial charge in [0, 0.05) is 6.54 Å². The van der Waals surface area contributed by atoms with Crippen LogP contribution < -0.4 is 5.32 Å². The van der Waals surface area contributed by atoms with Crippen molar-refractivity contribution in [2.24, 2.45) is 0 Å². The van der Waals surface area contributed by atoms with E-state index >= 15 is 0 Å². The summed E-state index contributed by atoms with van der Waals surface area (Å²) in [6.07, 6.45) is 1.16. The van der Waals surface area contributed by atoms with Gasteiger partial charge in [-0.2, -0.15) is 0 Å². The van der Waals surface area contributed by atoms with Gasteiger partial charge >= 0.3 is 0 Å². The first-order chi connectivity index (χ1) is 8.66. The molecule has 0 saturated carbocycles.